The number of nitrogens with one attached hydrogen (secondary N) is 1. The number of rotatable bonds is 2. The van der Waals surface area contributed by atoms with Crippen LogP contribution in [0.4, 0.5) is 5.69 Å². The van der Waals surface area contributed by atoms with Gasteiger partial charge in [0.15, 0.2) is 0 Å². The third-order valence-corrected chi connectivity index (χ3v) is 3.25. The number of carbonyl (C=O) groups excluding carboxylic acids is 1. The van der Waals surface area contributed by atoms with E-state index in [1.54, 1.807) is 25.1 Å². The molecule has 0 fully saturated rings. The van der Waals surface area contributed by atoms with Crippen molar-refractivity contribution in [2.45, 2.75) is 13.3 Å². The molecule has 1 aromatic heterocycles. The minimum atomic E-state index is -1.06. The molecule has 0 radical (unpaired) electrons. The molecule has 0 unspecified atom stereocenters. The molecule has 6 nitrogen and oxygen atoms in total. The Balaban J connectivity index is 2.16. The first-order valence-corrected chi connectivity index (χ1v) is 6.04. The molecule has 0 atom stereocenters. The number of aromatic carboxylic acids is 1. The summed E-state index contributed by atoms with van der Waals surface area (Å²) in [5.74, 6) is -1.12. The summed E-state index contributed by atoms with van der Waals surface area (Å²) in [6.45, 7) is 1.63. The molecule has 1 aromatic carbocycles. The number of nitrogens with zero attached hydrogens (tertiary/aromatic N) is 2. The molecular weight excluding hydrogens is 258 g/mol. The van der Waals surface area contributed by atoms with Gasteiger partial charge in [0.1, 0.15) is 11.9 Å². The normalized spacial score (nSPS) is 12.9. The summed E-state index contributed by atoms with van der Waals surface area (Å²) in [7, 11) is 0. The van der Waals surface area contributed by atoms with Crippen molar-refractivity contribution in [1.82, 2.24) is 9.97 Å². The molecule has 2 heterocycles. The molecule has 100 valence electrons. The maximum Gasteiger partial charge on any atom is 0.339 e. The fraction of sp³-hybridized carbons (Fsp3) is 0.143. The molecule has 1 aliphatic heterocycles. The molecular formula is C14H11N3O3. The summed E-state index contributed by atoms with van der Waals surface area (Å²) in [6.07, 6.45) is 1.64. The van der Waals surface area contributed by atoms with E-state index in [9.17, 15) is 14.7 Å². The van der Waals surface area contributed by atoms with Crippen molar-refractivity contribution < 1.29 is 14.7 Å². The number of hydrogen-bond acceptors (Lipinski definition) is 4. The third kappa shape index (κ3) is 1.91. The number of aryl methyl sites for hydroxylation is 1. The second-order valence-corrected chi connectivity index (χ2v) is 4.58. The highest BCUT2D eigenvalue weighted by Crippen LogP contribution is 2.30. The van der Waals surface area contributed by atoms with Crippen LogP contribution in [0.2, 0.25) is 0 Å². The van der Waals surface area contributed by atoms with Crippen molar-refractivity contribution in [2.75, 3.05) is 5.32 Å². The van der Waals surface area contributed by atoms with Gasteiger partial charge in [-0.3, -0.25) is 4.79 Å². The van der Waals surface area contributed by atoms with Gasteiger partial charge in [-0.05, 0) is 24.6 Å². The van der Waals surface area contributed by atoms with Gasteiger partial charge in [0.05, 0.1) is 17.8 Å². The van der Waals surface area contributed by atoms with Crippen LogP contribution in [0.5, 0.6) is 0 Å². The predicted molar refractivity (Wildman–Crippen MR) is 71.5 cm³/mol. The largest absolute Gasteiger partial charge is 0.478 e. The summed E-state index contributed by atoms with van der Waals surface area (Å²) in [4.78, 5) is 30.7. The standard InChI is InChI=1S/C14H11N3O3/c1-7-12(14(19)20)13(16-6-15-7)8-2-3-10-9(4-8)5-11(18)17-10/h2-4,6H,5H2,1H3,(H,17,18)(H,19,20). The van der Waals surface area contributed by atoms with Crippen LogP contribution in [0.3, 0.4) is 0 Å². The van der Waals surface area contributed by atoms with Crippen molar-refractivity contribution in [3.8, 4) is 11.3 Å². The summed E-state index contributed by atoms with van der Waals surface area (Å²) in [5, 5.41) is 12.0. The predicted octanol–water partition coefficient (Wildman–Crippen LogP) is 1.64. The van der Waals surface area contributed by atoms with E-state index in [0.717, 1.165) is 11.3 Å². The van der Waals surface area contributed by atoms with Crippen molar-refractivity contribution in [1.29, 1.82) is 0 Å². The van der Waals surface area contributed by atoms with Gasteiger partial charge in [-0.2, -0.15) is 0 Å². The third-order valence-electron chi connectivity index (χ3n) is 3.25. The van der Waals surface area contributed by atoms with Crippen molar-refractivity contribution in [2.24, 2.45) is 0 Å². The second kappa shape index (κ2) is 4.41. The number of fused-ring (bicyclic) bond motifs is 1. The van der Waals surface area contributed by atoms with E-state index < -0.39 is 5.97 Å². The summed E-state index contributed by atoms with van der Waals surface area (Å²) < 4.78 is 0. The molecule has 6 heteroatoms. The number of amides is 1. The quantitative estimate of drug-likeness (QED) is 0.864. The monoisotopic (exact) mass is 269 g/mol. The average molecular weight is 269 g/mol. The fourth-order valence-electron chi connectivity index (χ4n) is 2.33. The van der Waals surface area contributed by atoms with E-state index >= 15 is 0 Å². The van der Waals surface area contributed by atoms with Crippen LogP contribution in [0.15, 0.2) is 24.5 Å². The number of carboxylic acids is 1. The lowest BCUT2D eigenvalue weighted by Gasteiger charge is -2.08. The molecule has 0 saturated heterocycles. The van der Waals surface area contributed by atoms with Gasteiger partial charge < -0.3 is 10.4 Å². The topological polar surface area (TPSA) is 92.2 Å². The van der Waals surface area contributed by atoms with Gasteiger partial charge in [0.25, 0.3) is 0 Å². The maximum atomic E-state index is 11.4. The van der Waals surface area contributed by atoms with E-state index in [2.05, 4.69) is 15.3 Å². The highest BCUT2D eigenvalue weighted by atomic mass is 16.4. The lowest BCUT2D eigenvalue weighted by molar-refractivity contribution is -0.115. The highest BCUT2D eigenvalue weighted by Gasteiger charge is 2.21. The van der Waals surface area contributed by atoms with E-state index in [1.165, 1.54) is 6.33 Å². The maximum absolute atomic E-state index is 11.4. The van der Waals surface area contributed by atoms with Crippen molar-refractivity contribution in [3.05, 3.63) is 41.3 Å². The zero-order valence-corrected chi connectivity index (χ0v) is 10.7. The van der Waals surface area contributed by atoms with Crippen LogP contribution in [-0.4, -0.2) is 27.0 Å². The van der Waals surface area contributed by atoms with Crippen molar-refractivity contribution in [3.63, 3.8) is 0 Å². The Hall–Kier alpha value is -2.76. The van der Waals surface area contributed by atoms with E-state index in [-0.39, 0.29) is 11.5 Å². The minimum Gasteiger partial charge on any atom is -0.478 e. The number of hydrogen-bond donors (Lipinski definition) is 2. The Morgan fingerprint density at radius 1 is 1.35 bits per heavy atom. The summed E-state index contributed by atoms with van der Waals surface area (Å²) in [5.41, 5.74) is 3.15. The SMILES string of the molecule is Cc1ncnc(-c2ccc3c(c2)CC(=O)N3)c1C(=O)O. The number of carboxylic acid groups (broad SMARTS) is 1. The number of carbonyl (C=O) groups is 2. The van der Waals surface area contributed by atoms with Gasteiger partial charge in [-0.25, -0.2) is 14.8 Å². The second-order valence-electron chi connectivity index (χ2n) is 4.58. The minimum absolute atomic E-state index is 0.0607. The molecule has 0 saturated carbocycles. The lowest BCUT2D eigenvalue weighted by atomic mass is 10.0. The molecule has 2 aromatic rings. The Morgan fingerprint density at radius 3 is 2.90 bits per heavy atom. The Kier molecular flexibility index (Phi) is 2.71. The molecule has 0 spiro atoms. The molecule has 2 N–H and O–H groups in total. The van der Waals surface area contributed by atoms with Gasteiger partial charge >= 0.3 is 5.97 Å². The van der Waals surface area contributed by atoms with Crippen LogP contribution >= 0.6 is 0 Å². The Labute approximate surface area is 114 Å². The molecule has 3 rings (SSSR count). The van der Waals surface area contributed by atoms with Gasteiger partial charge in [-0.1, -0.05) is 6.07 Å². The number of anilines is 1. The van der Waals surface area contributed by atoms with Crippen LogP contribution in [0.1, 0.15) is 21.6 Å². The average Bonchev–Trinajstić information content (AvgIpc) is 2.76. The first-order chi connectivity index (χ1) is 9.56. The molecule has 20 heavy (non-hydrogen) atoms. The van der Waals surface area contributed by atoms with E-state index in [1.807, 2.05) is 0 Å². The van der Waals surface area contributed by atoms with E-state index in [4.69, 9.17) is 0 Å². The first kappa shape index (κ1) is 12.3. The molecule has 0 bridgehead atoms. The Bertz CT molecular complexity index is 740. The zero-order valence-electron chi connectivity index (χ0n) is 10.7. The van der Waals surface area contributed by atoms with Crippen molar-refractivity contribution >= 4 is 17.6 Å². The summed E-state index contributed by atoms with van der Waals surface area (Å²) >= 11 is 0. The summed E-state index contributed by atoms with van der Waals surface area (Å²) in [6, 6.07) is 5.30. The molecule has 1 aliphatic rings. The first-order valence-electron chi connectivity index (χ1n) is 6.04. The molecule has 0 aliphatic carbocycles. The van der Waals surface area contributed by atoms with Crippen LogP contribution in [0.25, 0.3) is 11.3 Å². The van der Waals surface area contributed by atoms with Gasteiger partial charge in [0.2, 0.25) is 5.91 Å². The van der Waals surface area contributed by atoms with Gasteiger partial charge in [-0.15, -0.1) is 0 Å². The zero-order chi connectivity index (χ0) is 14.3. The van der Waals surface area contributed by atoms with Crippen LogP contribution in [0, 0.1) is 6.92 Å². The van der Waals surface area contributed by atoms with Crippen LogP contribution < -0.4 is 5.32 Å². The highest BCUT2D eigenvalue weighted by molar-refractivity contribution is 6.00. The van der Waals surface area contributed by atoms with E-state index in [0.29, 0.717) is 23.4 Å². The fourth-order valence-corrected chi connectivity index (χ4v) is 2.33. The smallest absolute Gasteiger partial charge is 0.339 e. The lowest BCUT2D eigenvalue weighted by Crippen LogP contribution is -2.06. The van der Waals surface area contributed by atoms with Crippen LogP contribution in [-0.2, 0) is 11.2 Å². The molecule has 1 amide bonds. The number of aromatic nitrogens is 2. The number of benzene rings is 1. The Morgan fingerprint density at radius 2 is 2.15 bits per heavy atom. The van der Waals surface area contributed by atoms with Gasteiger partial charge in [0, 0.05) is 11.3 Å².